The molecule has 0 unspecified atom stereocenters. The Morgan fingerprint density at radius 3 is 2.24 bits per heavy atom. The fourth-order valence-corrected chi connectivity index (χ4v) is 2.55. The second-order valence-corrected chi connectivity index (χ2v) is 5.80. The molecule has 2 aromatic heterocycles. The summed E-state index contributed by atoms with van der Waals surface area (Å²) in [6, 6.07) is 0. The molecule has 2 aromatic rings. The molecule has 0 aliphatic rings. The van der Waals surface area contributed by atoms with Gasteiger partial charge >= 0.3 is 5.69 Å². The van der Waals surface area contributed by atoms with Crippen LogP contribution in [0.15, 0.2) is 0 Å². The first-order valence-electron chi connectivity index (χ1n) is 6.17. The number of carbonyl (C=O) groups is 1. The van der Waals surface area contributed by atoms with Gasteiger partial charge in [0.15, 0.2) is 0 Å². The molecule has 0 fully saturated rings. The molecule has 9 heteroatoms. The van der Waals surface area contributed by atoms with Crippen LogP contribution in [0, 0.1) is 41.4 Å². The van der Waals surface area contributed by atoms with Crippen molar-refractivity contribution in [3.8, 4) is 0 Å². The molecule has 2 heterocycles. The van der Waals surface area contributed by atoms with Gasteiger partial charge < -0.3 is 0 Å². The standard InChI is InChI=1S/C12H14IN5O3/c1-6-11(13)8(3)16(14-6)5-10(19)17-9(4)12(18(20)21)7(2)15-17/h5H2,1-4H3. The predicted molar refractivity (Wildman–Crippen MR) is 83.4 cm³/mol. The van der Waals surface area contributed by atoms with Crippen LogP contribution in [0.25, 0.3) is 0 Å². The maximum Gasteiger partial charge on any atom is 0.313 e. The monoisotopic (exact) mass is 403 g/mol. The lowest BCUT2D eigenvalue weighted by molar-refractivity contribution is -0.386. The Hall–Kier alpha value is -1.78. The molecule has 0 spiro atoms. The van der Waals surface area contributed by atoms with Crippen LogP contribution in [0.3, 0.4) is 0 Å². The van der Waals surface area contributed by atoms with Gasteiger partial charge in [-0.1, -0.05) is 0 Å². The molecule has 0 aliphatic carbocycles. The van der Waals surface area contributed by atoms with Crippen molar-refractivity contribution >= 4 is 34.2 Å². The number of hydrogen-bond donors (Lipinski definition) is 0. The van der Waals surface area contributed by atoms with Gasteiger partial charge in [-0.2, -0.15) is 14.9 Å². The normalized spacial score (nSPS) is 10.9. The summed E-state index contributed by atoms with van der Waals surface area (Å²) in [5, 5.41) is 19.2. The highest BCUT2D eigenvalue weighted by Gasteiger charge is 2.25. The van der Waals surface area contributed by atoms with Gasteiger partial charge in [-0.25, -0.2) is 0 Å². The molecule has 0 aromatic carbocycles. The Kier molecular flexibility index (Phi) is 4.12. The highest BCUT2D eigenvalue weighted by molar-refractivity contribution is 14.1. The van der Waals surface area contributed by atoms with E-state index in [0.717, 1.165) is 19.6 Å². The van der Waals surface area contributed by atoms with Crippen molar-refractivity contribution in [1.29, 1.82) is 0 Å². The third kappa shape index (κ3) is 2.69. The second-order valence-electron chi connectivity index (χ2n) is 4.72. The predicted octanol–water partition coefficient (Wildman–Crippen LogP) is 2.17. The van der Waals surface area contributed by atoms with Gasteiger partial charge in [-0.05, 0) is 50.3 Å². The first-order valence-corrected chi connectivity index (χ1v) is 7.25. The van der Waals surface area contributed by atoms with Gasteiger partial charge in [0.05, 0.1) is 14.2 Å². The smallest absolute Gasteiger partial charge is 0.270 e. The molecule has 0 amide bonds. The van der Waals surface area contributed by atoms with Crippen LogP contribution >= 0.6 is 22.6 Å². The number of carbonyl (C=O) groups excluding carboxylic acids is 1. The van der Waals surface area contributed by atoms with Gasteiger partial charge in [0.2, 0.25) is 0 Å². The Morgan fingerprint density at radius 1 is 1.19 bits per heavy atom. The van der Waals surface area contributed by atoms with E-state index < -0.39 is 4.92 Å². The third-order valence-corrected chi connectivity index (χ3v) is 4.81. The van der Waals surface area contributed by atoms with Crippen molar-refractivity contribution in [3.63, 3.8) is 0 Å². The van der Waals surface area contributed by atoms with Crippen LogP contribution in [-0.2, 0) is 6.54 Å². The van der Waals surface area contributed by atoms with Crippen LogP contribution in [-0.4, -0.2) is 30.4 Å². The summed E-state index contributed by atoms with van der Waals surface area (Å²) in [6.07, 6.45) is 0. The third-order valence-electron chi connectivity index (χ3n) is 3.25. The van der Waals surface area contributed by atoms with E-state index in [4.69, 9.17) is 0 Å². The van der Waals surface area contributed by atoms with Crippen LogP contribution in [0.2, 0.25) is 0 Å². The van der Waals surface area contributed by atoms with Gasteiger partial charge in [-0.15, -0.1) is 0 Å². The Labute approximate surface area is 134 Å². The topological polar surface area (TPSA) is 95.8 Å². The molecule has 112 valence electrons. The molecule has 0 N–H and O–H groups in total. The number of nitro groups is 1. The maximum atomic E-state index is 12.3. The molecule has 0 saturated heterocycles. The average Bonchev–Trinajstić information content (AvgIpc) is 2.82. The van der Waals surface area contributed by atoms with Gasteiger partial charge in [-0.3, -0.25) is 19.6 Å². The SMILES string of the molecule is Cc1nn(CC(=O)n2nc(C)c([N+](=O)[O-])c2C)c(C)c1I. The van der Waals surface area contributed by atoms with Crippen LogP contribution < -0.4 is 0 Å². The number of aryl methyl sites for hydroxylation is 2. The van der Waals surface area contributed by atoms with E-state index in [-0.39, 0.29) is 29.5 Å². The van der Waals surface area contributed by atoms with Gasteiger partial charge in [0.1, 0.15) is 17.9 Å². The van der Waals surface area contributed by atoms with Crippen molar-refractivity contribution < 1.29 is 9.72 Å². The fraction of sp³-hybridized carbons (Fsp3) is 0.417. The minimum absolute atomic E-state index is 0.00517. The van der Waals surface area contributed by atoms with E-state index in [1.807, 2.05) is 13.8 Å². The Morgan fingerprint density at radius 2 is 1.81 bits per heavy atom. The molecule has 0 bridgehead atoms. The first kappa shape index (κ1) is 15.6. The largest absolute Gasteiger partial charge is 0.313 e. The van der Waals surface area contributed by atoms with E-state index in [1.165, 1.54) is 13.8 Å². The molecule has 0 atom stereocenters. The molecule has 0 saturated carbocycles. The number of halogens is 1. The molecule has 8 nitrogen and oxygen atoms in total. The zero-order valence-electron chi connectivity index (χ0n) is 12.0. The highest BCUT2D eigenvalue weighted by Crippen LogP contribution is 2.22. The molecule has 0 aliphatic heterocycles. The summed E-state index contributed by atoms with van der Waals surface area (Å²) in [5.74, 6) is -0.356. The zero-order valence-corrected chi connectivity index (χ0v) is 14.2. The summed E-state index contributed by atoms with van der Waals surface area (Å²) >= 11 is 2.17. The Bertz CT molecular complexity index is 747. The number of nitrogens with zero attached hydrogens (tertiary/aromatic N) is 5. The minimum atomic E-state index is -0.520. The zero-order chi connectivity index (χ0) is 15.9. The van der Waals surface area contributed by atoms with Crippen molar-refractivity contribution in [1.82, 2.24) is 19.6 Å². The molecule has 21 heavy (non-hydrogen) atoms. The summed E-state index contributed by atoms with van der Waals surface area (Å²) in [6.45, 7) is 6.76. The van der Waals surface area contributed by atoms with Crippen LogP contribution in [0.1, 0.15) is 27.6 Å². The van der Waals surface area contributed by atoms with E-state index in [2.05, 4.69) is 32.8 Å². The summed E-state index contributed by atoms with van der Waals surface area (Å²) < 4.78 is 3.66. The van der Waals surface area contributed by atoms with E-state index >= 15 is 0 Å². The lowest BCUT2D eigenvalue weighted by Gasteiger charge is -2.05. The lowest BCUT2D eigenvalue weighted by Crippen LogP contribution is -2.21. The maximum absolute atomic E-state index is 12.3. The lowest BCUT2D eigenvalue weighted by atomic mass is 10.3. The van der Waals surface area contributed by atoms with E-state index in [1.54, 1.807) is 4.68 Å². The van der Waals surface area contributed by atoms with Crippen LogP contribution in [0.4, 0.5) is 5.69 Å². The number of hydrogen-bond acceptors (Lipinski definition) is 5. The van der Waals surface area contributed by atoms with Gasteiger partial charge in [0.25, 0.3) is 5.91 Å². The Balaban J connectivity index is 2.35. The molecule has 0 radical (unpaired) electrons. The quantitative estimate of drug-likeness (QED) is 0.445. The summed E-state index contributed by atoms with van der Waals surface area (Å²) in [5.41, 5.74) is 2.08. The van der Waals surface area contributed by atoms with Crippen molar-refractivity contribution in [2.75, 3.05) is 0 Å². The number of rotatable bonds is 3. The van der Waals surface area contributed by atoms with Gasteiger partial charge in [0, 0.05) is 5.69 Å². The fourth-order valence-electron chi connectivity index (χ4n) is 2.17. The number of aromatic nitrogens is 4. The second kappa shape index (κ2) is 5.54. The molecule has 2 rings (SSSR count). The van der Waals surface area contributed by atoms with Crippen molar-refractivity contribution in [2.45, 2.75) is 34.2 Å². The van der Waals surface area contributed by atoms with E-state index in [0.29, 0.717) is 0 Å². The van der Waals surface area contributed by atoms with Crippen molar-refractivity contribution in [3.05, 3.63) is 36.5 Å². The van der Waals surface area contributed by atoms with E-state index in [9.17, 15) is 14.9 Å². The molecular formula is C12H14IN5O3. The molecular weight excluding hydrogens is 389 g/mol. The first-order chi connectivity index (χ1) is 9.73. The average molecular weight is 403 g/mol. The summed E-state index contributed by atoms with van der Waals surface area (Å²) in [7, 11) is 0. The summed E-state index contributed by atoms with van der Waals surface area (Å²) in [4.78, 5) is 22.8. The highest BCUT2D eigenvalue weighted by atomic mass is 127. The van der Waals surface area contributed by atoms with Crippen molar-refractivity contribution in [2.24, 2.45) is 0 Å². The minimum Gasteiger partial charge on any atom is -0.270 e. The van der Waals surface area contributed by atoms with Crippen LogP contribution in [0.5, 0.6) is 0 Å².